The molecule has 0 aliphatic heterocycles. The lowest BCUT2D eigenvalue weighted by molar-refractivity contribution is -0.132. The average Bonchev–Trinajstić information content (AvgIpc) is 2.39. The van der Waals surface area contributed by atoms with E-state index >= 15 is 0 Å². The van der Waals surface area contributed by atoms with Gasteiger partial charge in [-0.3, -0.25) is 10.1 Å². The molecule has 0 heterocycles. The Morgan fingerprint density at radius 2 is 1.95 bits per heavy atom. The molecule has 1 rings (SSSR count). The zero-order valence-electron chi connectivity index (χ0n) is 12.1. The highest BCUT2D eigenvalue weighted by Gasteiger charge is 2.20. The summed E-state index contributed by atoms with van der Waals surface area (Å²) in [4.78, 5) is 14.0. The maximum absolute atomic E-state index is 12.2. The number of nitrogens with one attached hydrogen (secondary N) is 1. The van der Waals surface area contributed by atoms with Crippen molar-refractivity contribution in [1.29, 1.82) is 0 Å². The number of hydrogen-bond donors (Lipinski definition) is 1. The molecule has 2 unspecified atom stereocenters. The molecular formula is C15H23BrN2O. The second kappa shape index (κ2) is 7.65. The Hall–Kier alpha value is -0.870. The van der Waals surface area contributed by atoms with Crippen molar-refractivity contribution in [1.82, 2.24) is 10.2 Å². The summed E-state index contributed by atoms with van der Waals surface area (Å²) in [5.74, 6) is 0.159. The van der Waals surface area contributed by atoms with Gasteiger partial charge in [-0.05, 0) is 45.4 Å². The van der Waals surface area contributed by atoms with Crippen LogP contribution in [0.2, 0.25) is 0 Å². The Morgan fingerprint density at radius 3 is 2.47 bits per heavy atom. The monoisotopic (exact) mass is 326 g/mol. The van der Waals surface area contributed by atoms with Gasteiger partial charge >= 0.3 is 0 Å². The number of carbonyl (C=O) groups is 1. The van der Waals surface area contributed by atoms with Crippen LogP contribution < -0.4 is 5.32 Å². The molecule has 0 fully saturated rings. The zero-order valence-corrected chi connectivity index (χ0v) is 13.7. The highest BCUT2D eigenvalue weighted by atomic mass is 79.9. The summed E-state index contributed by atoms with van der Waals surface area (Å²) in [6.07, 6.45) is 0. The number of nitrogens with zero attached hydrogens (tertiary/aromatic N) is 1. The van der Waals surface area contributed by atoms with E-state index in [2.05, 4.69) is 40.3 Å². The quantitative estimate of drug-likeness (QED) is 0.869. The van der Waals surface area contributed by atoms with Crippen molar-refractivity contribution in [3.8, 4) is 0 Å². The molecule has 0 saturated heterocycles. The van der Waals surface area contributed by atoms with Crippen LogP contribution in [0.1, 0.15) is 39.3 Å². The third-order valence-electron chi connectivity index (χ3n) is 3.29. The van der Waals surface area contributed by atoms with Gasteiger partial charge in [-0.25, -0.2) is 0 Å². The van der Waals surface area contributed by atoms with E-state index < -0.39 is 0 Å². The Balaban J connectivity index is 2.66. The van der Waals surface area contributed by atoms with Crippen molar-refractivity contribution < 1.29 is 4.79 Å². The molecule has 2 atom stereocenters. The smallest absolute Gasteiger partial charge is 0.239 e. The Bertz CT molecular complexity index is 418. The first-order valence-electron chi connectivity index (χ1n) is 6.79. The van der Waals surface area contributed by atoms with Gasteiger partial charge in [-0.2, -0.15) is 0 Å². The predicted octanol–water partition coefficient (Wildman–Crippen LogP) is 3.36. The van der Waals surface area contributed by atoms with Gasteiger partial charge < -0.3 is 4.90 Å². The van der Waals surface area contributed by atoms with Crippen LogP contribution >= 0.6 is 15.9 Å². The summed E-state index contributed by atoms with van der Waals surface area (Å²) in [7, 11) is 0. The predicted molar refractivity (Wildman–Crippen MR) is 83.1 cm³/mol. The van der Waals surface area contributed by atoms with Gasteiger partial charge in [0.25, 0.3) is 0 Å². The first kappa shape index (κ1) is 16.2. The molecule has 0 saturated carbocycles. The van der Waals surface area contributed by atoms with Gasteiger partial charge in [0.05, 0.1) is 6.04 Å². The van der Waals surface area contributed by atoms with Crippen molar-refractivity contribution in [3.63, 3.8) is 0 Å². The average molecular weight is 327 g/mol. The summed E-state index contributed by atoms with van der Waals surface area (Å²) >= 11 is 3.47. The van der Waals surface area contributed by atoms with E-state index in [4.69, 9.17) is 0 Å². The van der Waals surface area contributed by atoms with Crippen molar-refractivity contribution in [2.24, 2.45) is 0 Å². The number of halogens is 1. The van der Waals surface area contributed by atoms with E-state index in [0.29, 0.717) is 0 Å². The van der Waals surface area contributed by atoms with Gasteiger partial charge in [0.1, 0.15) is 0 Å². The minimum atomic E-state index is -0.172. The SMILES string of the molecule is CCN(CC)C(=O)C(C)NC(C)c1cccc(Br)c1. The van der Waals surface area contributed by atoms with Crippen molar-refractivity contribution in [3.05, 3.63) is 34.3 Å². The maximum atomic E-state index is 12.2. The van der Waals surface area contributed by atoms with Crippen LogP contribution in [0, 0.1) is 0 Å². The molecule has 1 aromatic carbocycles. The summed E-state index contributed by atoms with van der Waals surface area (Å²) in [6.45, 7) is 9.53. The lowest BCUT2D eigenvalue weighted by Gasteiger charge is -2.26. The van der Waals surface area contributed by atoms with Crippen LogP contribution in [0.15, 0.2) is 28.7 Å². The first-order valence-corrected chi connectivity index (χ1v) is 7.59. The normalized spacial score (nSPS) is 13.9. The molecule has 1 amide bonds. The van der Waals surface area contributed by atoms with Gasteiger partial charge in [-0.1, -0.05) is 28.1 Å². The molecule has 0 spiro atoms. The molecule has 19 heavy (non-hydrogen) atoms. The molecule has 0 aromatic heterocycles. The molecule has 0 bridgehead atoms. The van der Waals surface area contributed by atoms with Crippen LogP contribution in [0.25, 0.3) is 0 Å². The number of hydrogen-bond acceptors (Lipinski definition) is 2. The molecule has 1 N–H and O–H groups in total. The number of likely N-dealkylation sites (N-methyl/N-ethyl adjacent to an activating group) is 1. The Kier molecular flexibility index (Phi) is 6.52. The summed E-state index contributed by atoms with van der Waals surface area (Å²) in [5.41, 5.74) is 1.17. The van der Waals surface area contributed by atoms with E-state index in [1.165, 1.54) is 5.56 Å². The molecule has 106 valence electrons. The summed E-state index contributed by atoms with van der Waals surface area (Å²) in [5, 5.41) is 3.36. The second-order valence-corrected chi connectivity index (χ2v) is 5.59. The highest BCUT2D eigenvalue weighted by Crippen LogP contribution is 2.18. The third kappa shape index (κ3) is 4.62. The molecule has 0 radical (unpaired) electrons. The van der Waals surface area contributed by atoms with Crippen LogP contribution in [-0.4, -0.2) is 29.9 Å². The second-order valence-electron chi connectivity index (χ2n) is 4.68. The fraction of sp³-hybridized carbons (Fsp3) is 0.533. The summed E-state index contributed by atoms with van der Waals surface area (Å²) in [6, 6.07) is 8.12. The fourth-order valence-electron chi connectivity index (χ4n) is 2.13. The number of benzene rings is 1. The van der Waals surface area contributed by atoms with Gasteiger partial charge in [0, 0.05) is 23.6 Å². The molecule has 3 nitrogen and oxygen atoms in total. The van der Waals surface area contributed by atoms with Crippen molar-refractivity contribution >= 4 is 21.8 Å². The minimum Gasteiger partial charge on any atom is -0.342 e. The minimum absolute atomic E-state index is 0.145. The molecule has 4 heteroatoms. The first-order chi connectivity index (χ1) is 8.99. The van der Waals surface area contributed by atoms with Crippen LogP contribution in [0.5, 0.6) is 0 Å². The van der Waals surface area contributed by atoms with Crippen molar-refractivity contribution in [2.45, 2.75) is 39.8 Å². The van der Waals surface area contributed by atoms with Gasteiger partial charge in [0.15, 0.2) is 0 Å². The number of rotatable bonds is 6. The lowest BCUT2D eigenvalue weighted by atomic mass is 10.1. The number of carbonyl (C=O) groups excluding carboxylic acids is 1. The van der Waals surface area contributed by atoms with Crippen LogP contribution in [-0.2, 0) is 4.79 Å². The molecular weight excluding hydrogens is 304 g/mol. The maximum Gasteiger partial charge on any atom is 0.239 e. The zero-order chi connectivity index (χ0) is 14.4. The van der Waals surface area contributed by atoms with E-state index in [0.717, 1.165) is 17.6 Å². The fourth-order valence-corrected chi connectivity index (χ4v) is 2.54. The molecule has 1 aromatic rings. The Morgan fingerprint density at radius 1 is 1.32 bits per heavy atom. The highest BCUT2D eigenvalue weighted by molar-refractivity contribution is 9.10. The lowest BCUT2D eigenvalue weighted by Crippen LogP contribution is -2.45. The third-order valence-corrected chi connectivity index (χ3v) is 3.79. The van der Waals surface area contributed by atoms with E-state index in [-0.39, 0.29) is 18.0 Å². The topological polar surface area (TPSA) is 32.3 Å². The van der Waals surface area contributed by atoms with Gasteiger partial charge in [0.2, 0.25) is 5.91 Å². The molecule has 0 aliphatic rings. The summed E-state index contributed by atoms with van der Waals surface area (Å²) < 4.78 is 1.06. The van der Waals surface area contributed by atoms with Crippen LogP contribution in [0.3, 0.4) is 0 Å². The number of amides is 1. The van der Waals surface area contributed by atoms with E-state index in [9.17, 15) is 4.79 Å². The van der Waals surface area contributed by atoms with Crippen LogP contribution in [0.4, 0.5) is 0 Å². The largest absolute Gasteiger partial charge is 0.342 e. The van der Waals surface area contributed by atoms with E-state index in [1.807, 2.05) is 37.8 Å². The van der Waals surface area contributed by atoms with E-state index in [1.54, 1.807) is 0 Å². The van der Waals surface area contributed by atoms with Crippen molar-refractivity contribution in [2.75, 3.05) is 13.1 Å². The standard InChI is InChI=1S/C15H23BrN2O/c1-5-18(6-2)15(19)12(4)17-11(3)13-8-7-9-14(16)10-13/h7-12,17H,5-6H2,1-4H3. The van der Waals surface area contributed by atoms with Gasteiger partial charge in [-0.15, -0.1) is 0 Å². The Labute approximate surface area is 124 Å². The molecule has 0 aliphatic carbocycles.